The average molecular weight is 570 g/mol. The van der Waals surface area contributed by atoms with Gasteiger partial charge in [-0.3, -0.25) is 13.9 Å². The molecule has 7 nitrogen and oxygen atoms in total. The average Bonchev–Trinajstić information content (AvgIpc) is 2.88. The molecular weight excluding hydrogens is 534 g/mol. The first-order chi connectivity index (χ1) is 18.5. The van der Waals surface area contributed by atoms with Crippen LogP contribution in [-0.2, 0) is 32.6 Å². The quantitative estimate of drug-likeness (QED) is 0.312. The third kappa shape index (κ3) is 9.41. The van der Waals surface area contributed by atoms with E-state index in [1.54, 1.807) is 41.3 Å². The number of nitrogens with zero attached hydrogens (tertiary/aromatic N) is 2. The van der Waals surface area contributed by atoms with Gasteiger partial charge in [-0.1, -0.05) is 72.3 Å². The fourth-order valence-corrected chi connectivity index (χ4v) is 5.54. The molecule has 0 bridgehead atoms. The Morgan fingerprint density at radius 1 is 0.897 bits per heavy atom. The van der Waals surface area contributed by atoms with Crippen molar-refractivity contribution in [1.29, 1.82) is 0 Å². The summed E-state index contributed by atoms with van der Waals surface area (Å²) >= 11 is 6.22. The summed E-state index contributed by atoms with van der Waals surface area (Å²) in [5, 5.41) is 3.50. The van der Waals surface area contributed by atoms with Gasteiger partial charge in [-0.05, 0) is 55.7 Å². The van der Waals surface area contributed by atoms with Crippen LogP contribution in [0.25, 0.3) is 0 Å². The van der Waals surface area contributed by atoms with Gasteiger partial charge in [0.25, 0.3) is 0 Å². The normalized spacial score (nSPS) is 12.1. The van der Waals surface area contributed by atoms with Crippen molar-refractivity contribution in [1.82, 2.24) is 10.2 Å². The zero-order valence-electron chi connectivity index (χ0n) is 22.6. The molecule has 3 aromatic carbocycles. The van der Waals surface area contributed by atoms with Gasteiger partial charge < -0.3 is 10.2 Å². The van der Waals surface area contributed by atoms with Gasteiger partial charge in [0.1, 0.15) is 6.04 Å². The van der Waals surface area contributed by atoms with Gasteiger partial charge in [0, 0.05) is 37.0 Å². The maximum Gasteiger partial charge on any atom is 0.243 e. The second kappa shape index (κ2) is 14.1. The summed E-state index contributed by atoms with van der Waals surface area (Å²) in [6.07, 6.45) is 1.85. The van der Waals surface area contributed by atoms with Crippen LogP contribution < -0.4 is 9.62 Å². The summed E-state index contributed by atoms with van der Waals surface area (Å²) in [6.45, 7) is 4.09. The van der Waals surface area contributed by atoms with Crippen LogP contribution in [0.15, 0.2) is 84.9 Å². The van der Waals surface area contributed by atoms with Crippen LogP contribution in [-0.4, -0.2) is 50.0 Å². The SMILES string of the molecule is CC(C)NC(=O)[C@@H](Cc1ccccc1)N(Cc1cccc(Cl)c1)C(=O)CCCN(c1ccccc1)S(C)(=O)=O. The van der Waals surface area contributed by atoms with Crippen molar-refractivity contribution in [3.63, 3.8) is 0 Å². The molecule has 0 aliphatic rings. The van der Waals surface area contributed by atoms with Crippen LogP contribution in [0.4, 0.5) is 5.69 Å². The highest BCUT2D eigenvalue weighted by molar-refractivity contribution is 7.92. The molecule has 2 amide bonds. The van der Waals surface area contributed by atoms with Gasteiger partial charge in [-0.25, -0.2) is 8.42 Å². The number of benzene rings is 3. The molecule has 0 aliphatic carbocycles. The highest BCUT2D eigenvalue weighted by atomic mass is 35.5. The van der Waals surface area contributed by atoms with Crippen molar-refractivity contribution >= 4 is 39.1 Å². The summed E-state index contributed by atoms with van der Waals surface area (Å²) in [5.41, 5.74) is 2.27. The highest BCUT2D eigenvalue weighted by Crippen LogP contribution is 2.21. The van der Waals surface area contributed by atoms with Crippen molar-refractivity contribution in [2.24, 2.45) is 0 Å². The summed E-state index contributed by atoms with van der Waals surface area (Å²) < 4.78 is 26.3. The number of anilines is 1. The van der Waals surface area contributed by atoms with Gasteiger partial charge in [-0.15, -0.1) is 0 Å². The summed E-state index contributed by atoms with van der Waals surface area (Å²) in [6, 6.07) is 24.7. The zero-order chi connectivity index (χ0) is 28.4. The van der Waals surface area contributed by atoms with Crippen LogP contribution in [0.3, 0.4) is 0 Å². The Morgan fingerprint density at radius 3 is 2.10 bits per heavy atom. The first-order valence-electron chi connectivity index (χ1n) is 13.0. The molecule has 0 saturated heterocycles. The van der Waals surface area contributed by atoms with Gasteiger partial charge >= 0.3 is 0 Å². The number of carbonyl (C=O) groups excluding carboxylic acids is 2. The fourth-order valence-electron chi connectivity index (χ4n) is 4.36. The van der Waals surface area contributed by atoms with Crippen LogP contribution in [0, 0.1) is 0 Å². The van der Waals surface area contributed by atoms with E-state index in [4.69, 9.17) is 11.6 Å². The van der Waals surface area contributed by atoms with Crippen molar-refractivity contribution in [3.8, 4) is 0 Å². The minimum absolute atomic E-state index is 0.0691. The smallest absolute Gasteiger partial charge is 0.243 e. The number of rotatable bonds is 13. The number of hydrogen-bond donors (Lipinski definition) is 1. The Hall–Kier alpha value is -3.36. The number of sulfonamides is 1. The zero-order valence-corrected chi connectivity index (χ0v) is 24.2. The number of amides is 2. The van der Waals surface area contributed by atoms with E-state index in [2.05, 4.69) is 5.32 Å². The molecule has 0 unspecified atom stereocenters. The molecule has 39 heavy (non-hydrogen) atoms. The molecule has 3 aromatic rings. The molecule has 208 valence electrons. The number of hydrogen-bond acceptors (Lipinski definition) is 4. The van der Waals surface area contributed by atoms with Gasteiger partial charge in [0.05, 0.1) is 11.9 Å². The van der Waals surface area contributed by atoms with Gasteiger partial charge in [0.15, 0.2) is 0 Å². The van der Waals surface area contributed by atoms with Crippen LogP contribution >= 0.6 is 11.6 Å². The minimum Gasteiger partial charge on any atom is -0.352 e. The summed E-state index contributed by atoms with van der Waals surface area (Å²) in [4.78, 5) is 28.8. The molecule has 0 aromatic heterocycles. The lowest BCUT2D eigenvalue weighted by molar-refractivity contribution is -0.141. The standard InChI is InChI=1S/C30H36ClN3O4S/c1-23(2)32-30(36)28(21-24-12-6-4-7-13-24)33(22-25-14-10-15-26(31)20-25)29(35)18-11-19-34(39(3,37)38)27-16-8-5-9-17-27/h4-10,12-17,20,23,28H,11,18-19,21-22H2,1-3H3,(H,32,36)/t28-/m1/s1. The Bertz CT molecular complexity index is 1330. The molecular formula is C30H36ClN3O4S. The molecule has 3 rings (SSSR count). The molecule has 0 radical (unpaired) electrons. The van der Waals surface area contributed by atoms with Gasteiger partial charge in [0.2, 0.25) is 21.8 Å². The number of carbonyl (C=O) groups is 2. The van der Waals surface area contributed by atoms with E-state index in [0.29, 0.717) is 17.1 Å². The summed E-state index contributed by atoms with van der Waals surface area (Å²) in [5.74, 6) is -0.484. The number of halogens is 1. The molecule has 1 atom stereocenters. The van der Waals surface area contributed by atoms with Gasteiger partial charge in [-0.2, -0.15) is 0 Å². The Balaban J connectivity index is 1.87. The second-order valence-electron chi connectivity index (χ2n) is 9.79. The van der Waals surface area contributed by atoms with E-state index in [9.17, 15) is 18.0 Å². The summed E-state index contributed by atoms with van der Waals surface area (Å²) in [7, 11) is -3.54. The Morgan fingerprint density at radius 2 is 1.51 bits per heavy atom. The van der Waals surface area contributed by atoms with E-state index in [1.807, 2.05) is 62.4 Å². The topological polar surface area (TPSA) is 86.8 Å². The Labute approximate surface area is 236 Å². The van der Waals surface area contributed by atoms with E-state index >= 15 is 0 Å². The Kier molecular flexibility index (Phi) is 10.9. The molecule has 0 aliphatic heterocycles. The van der Waals surface area contributed by atoms with Crippen molar-refractivity contribution in [2.75, 3.05) is 17.1 Å². The maximum atomic E-state index is 13.8. The molecule has 1 N–H and O–H groups in total. The maximum absolute atomic E-state index is 13.8. The highest BCUT2D eigenvalue weighted by Gasteiger charge is 2.31. The van der Waals surface area contributed by atoms with E-state index < -0.39 is 16.1 Å². The van der Waals surface area contributed by atoms with Crippen LogP contribution in [0.5, 0.6) is 0 Å². The lowest BCUT2D eigenvalue weighted by Crippen LogP contribution is -2.51. The van der Waals surface area contributed by atoms with E-state index in [0.717, 1.165) is 17.4 Å². The molecule has 9 heteroatoms. The van der Waals surface area contributed by atoms with E-state index in [-0.39, 0.29) is 43.8 Å². The second-order valence-corrected chi connectivity index (χ2v) is 12.1. The first kappa shape index (κ1) is 30.2. The van der Waals surface area contributed by atoms with Crippen molar-refractivity contribution in [3.05, 3.63) is 101 Å². The molecule has 0 saturated carbocycles. The van der Waals surface area contributed by atoms with Crippen LogP contribution in [0.2, 0.25) is 5.02 Å². The first-order valence-corrected chi connectivity index (χ1v) is 15.2. The predicted molar refractivity (Wildman–Crippen MR) is 157 cm³/mol. The minimum atomic E-state index is -3.54. The lowest BCUT2D eigenvalue weighted by Gasteiger charge is -2.32. The largest absolute Gasteiger partial charge is 0.352 e. The number of para-hydroxylation sites is 1. The fraction of sp³-hybridized carbons (Fsp3) is 0.333. The molecule has 0 spiro atoms. The molecule has 0 fully saturated rings. The van der Waals surface area contributed by atoms with E-state index in [1.165, 1.54) is 4.31 Å². The molecule has 0 heterocycles. The predicted octanol–water partition coefficient (Wildman–Crippen LogP) is 5.05. The number of nitrogens with one attached hydrogen (secondary N) is 1. The third-order valence-electron chi connectivity index (χ3n) is 6.14. The third-order valence-corrected chi connectivity index (χ3v) is 7.57. The van der Waals surface area contributed by atoms with Crippen LogP contribution in [0.1, 0.15) is 37.8 Å². The van der Waals surface area contributed by atoms with Crippen molar-refractivity contribution < 1.29 is 18.0 Å². The lowest BCUT2D eigenvalue weighted by atomic mass is 10.0. The monoisotopic (exact) mass is 569 g/mol. The van der Waals surface area contributed by atoms with Crippen molar-refractivity contribution in [2.45, 2.75) is 51.7 Å².